The van der Waals surface area contributed by atoms with Gasteiger partial charge in [0.2, 0.25) is 0 Å². The lowest BCUT2D eigenvalue weighted by atomic mass is 9.99. The van der Waals surface area contributed by atoms with Gasteiger partial charge in [-0.15, -0.1) is 0 Å². The minimum atomic E-state index is -3.92. The maximum atomic E-state index is 10.7. The molecule has 0 aromatic heterocycles. The third kappa shape index (κ3) is 3.99. The van der Waals surface area contributed by atoms with E-state index in [0.717, 1.165) is 24.1 Å². The summed E-state index contributed by atoms with van der Waals surface area (Å²) in [5.74, 6) is -0.259. The average Bonchev–Trinajstić information content (AvgIpc) is 2.36. The molecule has 1 N–H and O–H groups in total. The first-order chi connectivity index (χ1) is 9.35. The molecule has 0 fully saturated rings. The molecular formula is C12H16N2O5S. The third-order valence-corrected chi connectivity index (χ3v) is 4.17. The highest BCUT2D eigenvalue weighted by molar-refractivity contribution is 7.85. The Morgan fingerprint density at radius 1 is 1.35 bits per heavy atom. The fraction of sp³-hybridized carbons (Fsp3) is 0.500. The van der Waals surface area contributed by atoms with Gasteiger partial charge in [0.1, 0.15) is 0 Å². The van der Waals surface area contributed by atoms with E-state index >= 15 is 0 Å². The summed E-state index contributed by atoms with van der Waals surface area (Å²) in [6, 6.07) is 4.86. The Morgan fingerprint density at radius 2 is 2.10 bits per heavy atom. The molecule has 2 rings (SSSR count). The number of hydrogen-bond acceptors (Lipinski definition) is 5. The molecule has 1 aromatic rings. The molecule has 110 valence electrons. The second-order valence-corrected chi connectivity index (χ2v) is 6.45. The van der Waals surface area contributed by atoms with Crippen LogP contribution in [0.2, 0.25) is 0 Å². The molecule has 0 aliphatic carbocycles. The van der Waals surface area contributed by atoms with Crippen molar-refractivity contribution >= 4 is 15.8 Å². The summed E-state index contributed by atoms with van der Waals surface area (Å²) in [5, 5.41) is 10.7. The number of nitro benzene ring substituents is 1. The van der Waals surface area contributed by atoms with E-state index in [1.807, 2.05) is 4.90 Å². The largest absolute Gasteiger partial charge is 0.299 e. The summed E-state index contributed by atoms with van der Waals surface area (Å²) in [6.07, 6.45) is 1.14. The standard InChI is InChI=1S/C12H16N2O5S/c15-14(16)12-3-2-10-4-6-13(9-11(10)8-12)5-1-7-20(17,18)19/h2-3,8H,1,4-7,9H2,(H,17,18,19). The van der Waals surface area contributed by atoms with Gasteiger partial charge in [0.05, 0.1) is 10.7 Å². The van der Waals surface area contributed by atoms with E-state index in [0.29, 0.717) is 19.5 Å². The van der Waals surface area contributed by atoms with Gasteiger partial charge in [0.15, 0.2) is 0 Å². The SMILES string of the molecule is O=[N+]([O-])c1ccc2c(c1)CN(CCCS(=O)(=O)O)CC2. The van der Waals surface area contributed by atoms with E-state index in [1.165, 1.54) is 6.07 Å². The molecule has 0 saturated heterocycles. The van der Waals surface area contributed by atoms with E-state index in [9.17, 15) is 18.5 Å². The lowest BCUT2D eigenvalue weighted by Crippen LogP contribution is -2.32. The summed E-state index contributed by atoms with van der Waals surface area (Å²) >= 11 is 0. The van der Waals surface area contributed by atoms with Crippen LogP contribution in [0.1, 0.15) is 17.5 Å². The normalized spacial score (nSPS) is 15.8. The van der Waals surface area contributed by atoms with Crippen LogP contribution in [-0.2, 0) is 23.1 Å². The number of fused-ring (bicyclic) bond motifs is 1. The van der Waals surface area contributed by atoms with Crippen molar-refractivity contribution in [2.24, 2.45) is 0 Å². The summed E-state index contributed by atoms with van der Waals surface area (Å²) in [5.41, 5.74) is 2.09. The molecule has 8 heteroatoms. The van der Waals surface area contributed by atoms with Crippen LogP contribution in [0.5, 0.6) is 0 Å². The topological polar surface area (TPSA) is 101 Å². The third-order valence-electron chi connectivity index (χ3n) is 3.37. The van der Waals surface area contributed by atoms with Crippen LogP contribution >= 0.6 is 0 Å². The molecule has 0 spiro atoms. The maximum Gasteiger partial charge on any atom is 0.269 e. The maximum absolute atomic E-state index is 10.7. The lowest BCUT2D eigenvalue weighted by molar-refractivity contribution is -0.385. The second kappa shape index (κ2) is 5.86. The molecule has 0 unspecified atom stereocenters. The minimum absolute atomic E-state index is 0.0727. The van der Waals surface area contributed by atoms with Crippen LogP contribution in [0, 0.1) is 10.1 Å². The summed E-state index contributed by atoms with van der Waals surface area (Å²) in [7, 11) is -3.92. The molecule has 1 heterocycles. The molecule has 1 aliphatic rings. The average molecular weight is 300 g/mol. The molecule has 1 aliphatic heterocycles. The Labute approximate surface area is 117 Å². The molecule has 0 saturated carbocycles. The zero-order valence-electron chi connectivity index (χ0n) is 10.9. The fourth-order valence-corrected chi connectivity index (χ4v) is 2.87. The Hall–Kier alpha value is -1.51. The predicted octanol–water partition coefficient (Wildman–Crippen LogP) is 1.23. The van der Waals surface area contributed by atoms with E-state index < -0.39 is 15.0 Å². The van der Waals surface area contributed by atoms with E-state index in [-0.39, 0.29) is 11.4 Å². The number of non-ortho nitro benzene ring substituents is 1. The van der Waals surface area contributed by atoms with Crippen molar-refractivity contribution in [1.29, 1.82) is 0 Å². The van der Waals surface area contributed by atoms with Crippen LogP contribution in [-0.4, -0.2) is 41.6 Å². The van der Waals surface area contributed by atoms with E-state index in [4.69, 9.17) is 4.55 Å². The van der Waals surface area contributed by atoms with Crippen LogP contribution in [0.3, 0.4) is 0 Å². The minimum Gasteiger partial charge on any atom is -0.299 e. The second-order valence-electron chi connectivity index (χ2n) is 4.88. The van der Waals surface area contributed by atoms with Crippen molar-refractivity contribution in [3.05, 3.63) is 39.4 Å². The highest BCUT2D eigenvalue weighted by Crippen LogP contribution is 2.23. The molecule has 1 aromatic carbocycles. The van der Waals surface area contributed by atoms with Gasteiger partial charge in [0.25, 0.3) is 15.8 Å². The van der Waals surface area contributed by atoms with Crippen LogP contribution in [0.15, 0.2) is 18.2 Å². The summed E-state index contributed by atoms with van der Waals surface area (Å²) in [4.78, 5) is 12.4. The van der Waals surface area contributed by atoms with Gasteiger partial charge >= 0.3 is 0 Å². The van der Waals surface area contributed by atoms with Gasteiger partial charge in [-0.2, -0.15) is 8.42 Å². The quantitative estimate of drug-likeness (QED) is 0.498. The first-order valence-electron chi connectivity index (χ1n) is 6.29. The van der Waals surface area contributed by atoms with Gasteiger partial charge in [-0.3, -0.25) is 19.6 Å². The molecule has 7 nitrogen and oxygen atoms in total. The van der Waals surface area contributed by atoms with Crippen molar-refractivity contribution in [2.75, 3.05) is 18.8 Å². The first kappa shape index (κ1) is 14.9. The Morgan fingerprint density at radius 3 is 2.75 bits per heavy atom. The predicted molar refractivity (Wildman–Crippen MR) is 73.1 cm³/mol. The number of hydrogen-bond donors (Lipinski definition) is 1. The molecule has 20 heavy (non-hydrogen) atoms. The monoisotopic (exact) mass is 300 g/mol. The van der Waals surface area contributed by atoms with Gasteiger partial charge in [0, 0.05) is 25.2 Å². The first-order valence-corrected chi connectivity index (χ1v) is 7.90. The molecule has 0 radical (unpaired) electrons. The molecule has 0 atom stereocenters. The number of benzene rings is 1. The number of rotatable bonds is 5. The van der Waals surface area contributed by atoms with Gasteiger partial charge in [-0.05, 0) is 30.5 Å². The molecule has 0 bridgehead atoms. The summed E-state index contributed by atoms with van der Waals surface area (Å²) < 4.78 is 30.0. The van der Waals surface area contributed by atoms with Gasteiger partial charge < -0.3 is 0 Å². The van der Waals surface area contributed by atoms with Crippen molar-refractivity contribution in [2.45, 2.75) is 19.4 Å². The van der Waals surface area contributed by atoms with Gasteiger partial charge in [-0.1, -0.05) is 6.07 Å². The fourth-order valence-electron chi connectivity index (χ4n) is 2.38. The Kier molecular flexibility index (Phi) is 4.36. The van der Waals surface area contributed by atoms with E-state index in [2.05, 4.69) is 0 Å². The Balaban J connectivity index is 1.99. The zero-order chi connectivity index (χ0) is 14.8. The highest BCUT2D eigenvalue weighted by atomic mass is 32.2. The number of nitro groups is 1. The van der Waals surface area contributed by atoms with Crippen molar-refractivity contribution in [3.8, 4) is 0 Å². The lowest BCUT2D eigenvalue weighted by Gasteiger charge is -2.28. The van der Waals surface area contributed by atoms with Crippen molar-refractivity contribution in [1.82, 2.24) is 4.90 Å². The van der Waals surface area contributed by atoms with Crippen molar-refractivity contribution in [3.63, 3.8) is 0 Å². The molecular weight excluding hydrogens is 284 g/mol. The van der Waals surface area contributed by atoms with Crippen LogP contribution < -0.4 is 0 Å². The van der Waals surface area contributed by atoms with Crippen LogP contribution in [0.25, 0.3) is 0 Å². The van der Waals surface area contributed by atoms with Crippen LogP contribution in [0.4, 0.5) is 5.69 Å². The Bertz CT molecular complexity index is 614. The number of nitrogens with zero attached hydrogens (tertiary/aromatic N) is 2. The summed E-state index contributed by atoms with van der Waals surface area (Å²) in [6.45, 7) is 1.90. The smallest absolute Gasteiger partial charge is 0.269 e. The van der Waals surface area contributed by atoms with Crippen molar-refractivity contribution < 1.29 is 17.9 Å². The molecule has 0 amide bonds. The highest BCUT2D eigenvalue weighted by Gasteiger charge is 2.19. The zero-order valence-corrected chi connectivity index (χ0v) is 11.7. The van der Waals surface area contributed by atoms with Gasteiger partial charge in [-0.25, -0.2) is 0 Å². The van der Waals surface area contributed by atoms with E-state index in [1.54, 1.807) is 12.1 Å².